The number of rotatable bonds is 5. The molecule has 22 heavy (non-hydrogen) atoms. The van der Waals surface area contributed by atoms with Gasteiger partial charge >= 0.3 is 0 Å². The second-order valence-electron chi connectivity index (χ2n) is 4.39. The quantitative estimate of drug-likeness (QED) is 0.818. The van der Waals surface area contributed by atoms with Gasteiger partial charge in [0.15, 0.2) is 17.0 Å². The summed E-state index contributed by atoms with van der Waals surface area (Å²) in [4.78, 5) is 27.7. The van der Waals surface area contributed by atoms with Gasteiger partial charge in [-0.05, 0) is 19.1 Å². The molecule has 0 fully saturated rings. The van der Waals surface area contributed by atoms with Crippen LogP contribution in [0, 0.1) is 0 Å². The van der Waals surface area contributed by atoms with Crippen molar-refractivity contribution in [2.75, 3.05) is 5.32 Å². The molecule has 0 saturated heterocycles. The minimum absolute atomic E-state index is 0.104. The zero-order valence-electron chi connectivity index (χ0n) is 11.7. The molecule has 5 nitrogen and oxygen atoms in total. The van der Waals surface area contributed by atoms with Gasteiger partial charge in [0.2, 0.25) is 0 Å². The van der Waals surface area contributed by atoms with E-state index >= 15 is 0 Å². The van der Waals surface area contributed by atoms with E-state index in [0.717, 1.165) is 11.3 Å². The van der Waals surface area contributed by atoms with E-state index in [1.54, 1.807) is 25.1 Å². The van der Waals surface area contributed by atoms with Gasteiger partial charge in [-0.25, -0.2) is 4.98 Å². The van der Waals surface area contributed by atoms with Gasteiger partial charge in [0.25, 0.3) is 5.91 Å². The predicted octanol–water partition coefficient (Wildman–Crippen LogP) is 4.06. The van der Waals surface area contributed by atoms with Gasteiger partial charge in [0, 0.05) is 6.92 Å². The van der Waals surface area contributed by atoms with E-state index in [1.165, 1.54) is 13.1 Å². The lowest BCUT2D eigenvalue weighted by molar-refractivity contribution is -0.122. The molecule has 8 heteroatoms. The number of nitrogens with one attached hydrogen (secondary N) is 1. The number of ether oxygens (including phenoxy) is 1. The summed E-state index contributed by atoms with van der Waals surface area (Å²) >= 11 is 13.0. The van der Waals surface area contributed by atoms with Crippen molar-refractivity contribution in [3.05, 3.63) is 39.3 Å². The first-order chi connectivity index (χ1) is 10.4. The summed E-state index contributed by atoms with van der Waals surface area (Å²) < 4.78 is 5.50. The maximum absolute atomic E-state index is 12.1. The van der Waals surface area contributed by atoms with Crippen molar-refractivity contribution in [3.63, 3.8) is 0 Å². The summed E-state index contributed by atoms with van der Waals surface area (Å²) in [6.07, 6.45) is 0.614. The van der Waals surface area contributed by atoms with Crippen molar-refractivity contribution in [2.24, 2.45) is 0 Å². The number of Topliss-reactive ketones (excluding diaryl/α,β-unsaturated/α-hetero) is 1. The standard InChI is InChI=1S/C14H12Cl2N2O3S/c1-7(19)11-6-17-14(22-11)18-13(20)8(2)21-10-5-3-4-9(15)12(10)16/h3-6,8H,1-2H3,(H,17,18,20). The largest absolute Gasteiger partial charge is 0.479 e. The molecule has 116 valence electrons. The number of aromatic nitrogens is 1. The third-order valence-corrected chi connectivity index (χ3v) is 4.49. The Kier molecular flexibility index (Phi) is 5.39. The van der Waals surface area contributed by atoms with Crippen LogP contribution in [-0.4, -0.2) is 22.8 Å². The van der Waals surface area contributed by atoms with Crippen LogP contribution in [0.25, 0.3) is 0 Å². The highest BCUT2D eigenvalue weighted by atomic mass is 35.5. The number of ketones is 1. The van der Waals surface area contributed by atoms with Crippen molar-refractivity contribution >= 4 is 51.4 Å². The van der Waals surface area contributed by atoms with E-state index in [4.69, 9.17) is 27.9 Å². The molecular weight excluding hydrogens is 347 g/mol. The third-order valence-electron chi connectivity index (χ3n) is 2.67. The van der Waals surface area contributed by atoms with Gasteiger partial charge in [-0.3, -0.25) is 14.9 Å². The smallest absolute Gasteiger partial charge is 0.266 e. The van der Waals surface area contributed by atoms with E-state index in [1.807, 2.05) is 0 Å². The number of amides is 1. The Bertz CT molecular complexity index is 718. The van der Waals surface area contributed by atoms with Crippen LogP contribution >= 0.6 is 34.5 Å². The second-order valence-corrected chi connectivity index (χ2v) is 6.20. The molecule has 1 amide bonds. The third kappa shape index (κ3) is 3.97. The van der Waals surface area contributed by atoms with E-state index in [0.29, 0.717) is 20.8 Å². The van der Waals surface area contributed by atoms with Crippen molar-refractivity contribution in [3.8, 4) is 5.75 Å². The van der Waals surface area contributed by atoms with E-state index in [2.05, 4.69) is 10.3 Å². The maximum Gasteiger partial charge on any atom is 0.266 e. The number of nitrogens with zero attached hydrogens (tertiary/aromatic N) is 1. The number of hydrogen-bond donors (Lipinski definition) is 1. The maximum atomic E-state index is 12.1. The highest BCUT2D eigenvalue weighted by Gasteiger charge is 2.18. The summed E-state index contributed by atoms with van der Waals surface area (Å²) in [5.74, 6) is -0.186. The number of carbonyl (C=O) groups excluding carboxylic acids is 2. The van der Waals surface area contributed by atoms with Crippen LogP contribution in [-0.2, 0) is 4.79 Å². The SMILES string of the molecule is CC(=O)c1cnc(NC(=O)C(C)Oc2cccc(Cl)c2Cl)s1. The Hall–Kier alpha value is -1.63. The van der Waals surface area contributed by atoms with Gasteiger partial charge in [0.1, 0.15) is 10.8 Å². The fourth-order valence-corrected chi connectivity index (χ4v) is 2.57. The van der Waals surface area contributed by atoms with Crippen LogP contribution in [0.3, 0.4) is 0 Å². The molecule has 2 aromatic rings. The highest BCUT2D eigenvalue weighted by Crippen LogP contribution is 2.32. The average molecular weight is 359 g/mol. The summed E-state index contributed by atoms with van der Waals surface area (Å²) in [6, 6.07) is 4.92. The summed E-state index contributed by atoms with van der Waals surface area (Å²) in [7, 11) is 0. The minimum atomic E-state index is -0.805. The van der Waals surface area contributed by atoms with Crippen LogP contribution in [0.5, 0.6) is 5.75 Å². The van der Waals surface area contributed by atoms with Crippen molar-refractivity contribution in [1.29, 1.82) is 0 Å². The Labute approximate surface area is 141 Å². The van der Waals surface area contributed by atoms with E-state index in [-0.39, 0.29) is 10.8 Å². The van der Waals surface area contributed by atoms with Crippen molar-refractivity contribution in [2.45, 2.75) is 20.0 Å². The molecule has 1 N–H and O–H groups in total. The molecule has 1 atom stereocenters. The summed E-state index contributed by atoms with van der Waals surface area (Å²) in [5.41, 5.74) is 0. The molecule has 0 aliphatic rings. The van der Waals surface area contributed by atoms with E-state index in [9.17, 15) is 9.59 Å². The Morgan fingerprint density at radius 3 is 2.73 bits per heavy atom. The number of halogens is 2. The van der Waals surface area contributed by atoms with Gasteiger partial charge in [0.05, 0.1) is 16.1 Å². The summed E-state index contributed by atoms with van der Waals surface area (Å²) in [6.45, 7) is 3.01. The number of carbonyl (C=O) groups is 2. The molecule has 1 aromatic heterocycles. The average Bonchev–Trinajstić information content (AvgIpc) is 2.92. The highest BCUT2D eigenvalue weighted by molar-refractivity contribution is 7.17. The molecule has 1 unspecified atom stereocenters. The van der Waals surface area contributed by atoms with Crippen LogP contribution in [0.15, 0.2) is 24.4 Å². The number of benzene rings is 1. The van der Waals surface area contributed by atoms with Crippen LogP contribution in [0.1, 0.15) is 23.5 Å². The lowest BCUT2D eigenvalue weighted by atomic mass is 10.3. The van der Waals surface area contributed by atoms with Crippen molar-refractivity contribution < 1.29 is 14.3 Å². The minimum Gasteiger partial charge on any atom is -0.479 e. The number of anilines is 1. The van der Waals surface area contributed by atoms with Gasteiger partial charge in [-0.2, -0.15) is 0 Å². The first-order valence-electron chi connectivity index (χ1n) is 6.26. The Morgan fingerprint density at radius 1 is 1.36 bits per heavy atom. The van der Waals surface area contributed by atoms with Gasteiger partial charge in [-0.15, -0.1) is 0 Å². The monoisotopic (exact) mass is 358 g/mol. The zero-order chi connectivity index (χ0) is 16.3. The first kappa shape index (κ1) is 16.7. The molecule has 0 aliphatic heterocycles. The zero-order valence-corrected chi connectivity index (χ0v) is 14.1. The Morgan fingerprint density at radius 2 is 2.09 bits per heavy atom. The summed E-state index contributed by atoms with van der Waals surface area (Å²) in [5, 5.41) is 3.51. The molecule has 0 aliphatic carbocycles. The number of hydrogen-bond acceptors (Lipinski definition) is 5. The molecule has 0 bridgehead atoms. The van der Waals surface area contributed by atoms with Gasteiger partial charge < -0.3 is 4.74 Å². The lowest BCUT2D eigenvalue weighted by Crippen LogP contribution is -2.30. The van der Waals surface area contributed by atoms with Crippen LogP contribution < -0.4 is 10.1 Å². The van der Waals surface area contributed by atoms with Crippen LogP contribution in [0.4, 0.5) is 5.13 Å². The van der Waals surface area contributed by atoms with Crippen LogP contribution in [0.2, 0.25) is 10.0 Å². The van der Waals surface area contributed by atoms with Gasteiger partial charge in [-0.1, -0.05) is 40.6 Å². The molecule has 1 heterocycles. The topological polar surface area (TPSA) is 68.3 Å². The number of thiazole rings is 1. The lowest BCUT2D eigenvalue weighted by Gasteiger charge is -2.15. The molecule has 0 spiro atoms. The molecule has 1 aromatic carbocycles. The molecular formula is C14H12Cl2N2O3S. The van der Waals surface area contributed by atoms with E-state index < -0.39 is 12.0 Å². The second kappa shape index (κ2) is 7.09. The molecule has 0 saturated carbocycles. The molecule has 2 rings (SSSR count). The fraction of sp³-hybridized carbons (Fsp3) is 0.214. The van der Waals surface area contributed by atoms with Crippen molar-refractivity contribution in [1.82, 2.24) is 4.98 Å². The molecule has 0 radical (unpaired) electrons. The normalized spacial score (nSPS) is 11.8. The predicted molar refractivity (Wildman–Crippen MR) is 87.3 cm³/mol. The fourth-order valence-electron chi connectivity index (χ4n) is 1.52. The first-order valence-corrected chi connectivity index (χ1v) is 7.84. The Balaban J connectivity index is 2.02.